The monoisotopic (exact) mass is 315 g/mol. The summed E-state index contributed by atoms with van der Waals surface area (Å²) in [5, 5.41) is 8.36. The number of aryl methyl sites for hydroxylation is 2. The summed E-state index contributed by atoms with van der Waals surface area (Å²) in [4.78, 5) is 12.0. The summed E-state index contributed by atoms with van der Waals surface area (Å²) in [6.07, 6.45) is 4.18. The van der Waals surface area contributed by atoms with Crippen LogP contribution in [0.1, 0.15) is 49.3 Å². The maximum Gasteiger partial charge on any atom is 0.269 e. The Kier molecular flexibility index (Phi) is 7.01. The minimum absolute atomic E-state index is 0.0112. The average molecular weight is 316 g/mol. The van der Waals surface area contributed by atoms with Gasteiger partial charge in [-0.25, -0.2) is 0 Å². The lowest BCUT2D eigenvalue weighted by atomic mass is 10.2. The molecule has 4 nitrogen and oxygen atoms in total. The number of hydrogen-bond acceptors (Lipinski definition) is 2. The van der Waals surface area contributed by atoms with E-state index in [-0.39, 0.29) is 5.91 Å². The molecule has 0 saturated heterocycles. The number of carbonyl (C=O) groups excluding carboxylic acids is 1. The molecular formula is C13H22BrN3O. The number of unbranched alkanes of at least 4 members (excludes halogenated alkanes) is 2. The summed E-state index contributed by atoms with van der Waals surface area (Å²) in [5.41, 5.74) is 1.65. The Balaban J connectivity index is 2.47. The van der Waals surface area contributed by atoms with Gasteiger partial charge in [-0.2, -0.15) is 5.10 Å². The molecule has 0 aliphatic heterocycles. The number of amides is 1. The van der Waals surface area contributed by atoms with Crippen molar-refractivity contribution in [3.63, 3.8) is 0 Å². The van der Waals surface area contributed by atoms with Gasteiger partial charge < -0.3 is 5.32 Å². The van der Waals surface area contributed by atoms with Gasteiger partial charge in [0.25, 0.3) is 5.91 Å². The van der Waals surface area contributed by atoms with Gasteiger partial charge >= 0.3 is 0 Å². The molecular weight excluding hydrogens is 294 g/mol. The van der Waals surface area contributed by atoms with Gasteiger partial charge in [-0.15, -0.1) is 0 Å². The van der Waals surface area contributed by atoms with Gasteiger partial charge in [0, 0.05) is 18.4 Å². The summed E-state index contributed by atoms with van der Waals surface area (Å²) < 4.78 is 1.77. The molecule has 0 aromatic carbocycles. The van der Waals surface area contributed by atoms with E-state index in [0.717, 1.165) is 49.8 Å². The molecule has 0 bridgehead atoms. The first-order chi connectivity index (χ1) is 8.72. The first-order valence-corrected chi connectivity index (χ1v) is 7.75. The van der Waals surface area contributed by atoms with E-state index in [4.69, 9.17) is 0 Å². The minimum atomic E-state index is -0.0112. The molecule has 102 valence electrons. The van der Waals surface area contributed by atoms with Crippen molar-refractivity contribution in [2.75, 3.05) is 11.9 Å². The fourth-order valence-corrected chi connectivity index (χ4v) is 2.15. The third-order valence-electron chi connectivity index (χ3n) is 2.82. The van der Waals surface area contributed by atoms with Gasteiger partial charge in [0.1, 0.15) is 5.69 Å². The number of carbonyl (C=O) groups is 1. The lowest BCUT2D eigenvalue weighted by molar-refractivity contribution is 0.0942. The van der Waals surface area contributed by atoms with Crippen LogP contribution < -0.4 is 5.32 Å². The zero-order valence-corrected chi connectivity index (χ0v) is 12.8. The molecule has 0 aliphatic carbocycles. The van der Waals surface area contributed by atoms with Crippen LogP contribution in [0.4, 0.5) is 0 Å². The topological polar surface area (TPSA) is 46.9 Å². The summed E-state index contributed by atoms with van der Waals surface area (Å²) in [6.45, 7) is 5.51. The minimum Gasteiger partial charge on any atom is -0.351 e. The number of rotatable bonds is 8. The highest BCUT2D eigenvalue weighted by molar-refractivity contribution is 9.09. The van der Waals surface area contributed by atoms with Crippen LogP contribution in [0.3, 0.4) is 0 Å². The van der Waals surface area contributed by atoms with Crippen LogP contribution in [0, 0.1) is 0 Å². The van der Waals surface area contributed by atoms with Crippen LogP contribution in [-0.4, -0.2) is 27.6 Å². The van der Waals surface area contributed by atoms with Crippen LogP contribution in [-0.2, 0) is 13.0 Å². The van der Waals surface area contributed by atoms with E-state index in [1.165, 1.54) is 0 Å². The van der Waals surface area contributed by atoms with Gasteiger partial charge in [-0.05, 0) is 32.3 Å². The Morgan fingerprint density at radius 3 is 2.78 bits per heavy atom. The van der Waals surface area contributed by atoms with E-state index in [0.29, 0.717) is 5.69 Å². The van der Waals surface area contributed by atoms with Gasteiger partial charge in [0.2, 0.25) is 0 Å². The summed E-state index contributed by atoms with van der Waals surface area (Å²) in [7, 11) is 0. The van der Waals surface area contributed by atoms with Gasteiger partial charge in [0.05, 0.1) is 5.69 Å². The third kappa shape index (κ3) is 4.44. The first-order valence-electron chi connectivity index (χ1n) is 6.63. The van der Waals surface area contributed by atoms with E-state index >= 15 is 0 Å². The maximum absolute atomic E-state index is 12.0. The number of hydrogen-bond donors (Lipinski definition) is 1. The molecule has 1 rings (SSSR count). The van der Waals surface area contributed by atoms with Crippen LogP contribution in [0.5, 0.6) is 0 Å². The predicted octanol–water partition coefficient (Wildman–Crippen LogP) is 2.76. The Labute approximate surface area is 117 Å². The number of halogens is 1. The number of alkyl halides is 1. The quantitative estimate of drug-likeness (QED) is 0.592. The van der Waals surface area contributed by atoms with Crippen molar-refractivity contribution in [2.24, 2.45) is 0 Å². The average Bonchev–Trinajstić information content (AvgIpc) is 2.81. The zero-order chi connectivity index (χ0) is 13.4. The standard InChI is InChI=1S/C13H22BrN3O/c1-3-11-10-12(17(4-2)16-11)13(18)15-9-7-5-6-8-14/h10H,3-9H2,1-2H3,(H,15,18). The van der Waals surface area contributed by atoms with Crippen molar-refractivity contribution in [1.29, 1.82) is 0 Å². The Hall–Kier alpha value is -0.840. The van der Waals surface area contributed by atoms with Gasteiger partial charge in [-0.1, -0.05) is 29.3 Å². The molecule has 0 fully saturated rings. The SMILES string of the molecule is CCc1cc(C(=O)NCCCCCBr)n(CC)n1. The molecule has 1 aromatic heterocycles. The largest absolute Gasteiger partial charge is 0.351 e. The highest BCUT2D eigenvalue weighted by Gasteiger charge is 2.12. The Morgan fingerprint density at radius 2 is 2.17 bits per heavy atom. The first kappa shape index (κ1) is 15.2. The number of aromatic nitrogens is 2. The van der Waals surface area contributed by atoms with Crippen molar-refractivity contribution >= 4 is 21.8 Å². The van der Waals surface area contributed by atoms with E-state index in [1.807, 2.05) is 19.9 Å². The highest BCUT2D eigenvalue weighted by atomic mass is 79.9. The third-order valence-corrected chi connectivity index (χ3v) is 3.38. The molecule has 1 heterocycles. The summed E-state index contributed by atoms with van der Waals surface area (Å²) >= 11 is 3.40. The molecule has 18 heavy (non-hydrogen) atoms. The molecule has 0 radical (unpaired) electrons. The molecule has 1 aromatic rings. The second kappa shape index (κ2) is 8.29. The van der Waals surface area contributed by atoms with Crippen LogP contribution in [0.15, 0.2) is 6.07 Å². The molecule has 0 unspecified atom stereocenters. The van der Waals surface area contributed by atoms with Gasteiger partial charge in [0.15, 0.2) is 0 Å². The van der Waals surface area contributed by atoms with E-state index in [2.05, 4.69) is 26.3 Å². The van der Waals surface area contributed by atoms with Crippen LogP contribution in [0.25, 0.3) is 0 Å². The second-order valence-electron chi connectivity index (χ2n) is 4.20. The lowest BCUT2D eigenvalue weighted by Gasteiger charge is -2.06. The van der Waals surface area contributed by atoms with Crippen molar-refractivity contribution in [1.82, 2.24) is 15.1 Å². The Morgan fingerprint density at radius 1 is 1.39 bits per heavy atom. The Bertz CT molecular complexity index is 376. The second-order valence-corrected chi connectivity index (χ2v) is 4.99. The van der Waals surface area contributed by atoms with Gasteiger partial charge in [-0.3, -0.25) is 9.48 Å². The smallest absolute Gasteiger partial charge is 0.269 e. The normalized spacial score (nSPS) is 10.6. The molecule has 1 N–H and O–H groups in total. The molecule has 0 atom stereocenters. The zero-order valence-electron chi connectivity index (χ0n) is 11.2. The number of nitrogens with zero attached hydrogens (tertiary/aromatic N) is 2. The fraction of sp³-hybridized carbons (Fsp3) is 0.692. The molecule has 0 saturated carbocycles. The number of nitrogens with one attached hydrogen (secondary N) is 1. The van der Waals surface area contributed by atoms with Crippen molar-refractivity contribution < 1.29 is 4.79 Å². The molecule has 5 heteroatoms. The molecule has 0 aliphatic rings. The van der Waals surface area contributed by atoms with Crippen molar-refractivity contribution in [3.05, 3.63) is 17.5 Å². The van der Waals surface area contributed by atoms with Crippen molar-refractivity contribution in [3.8, 4) is 0 Å². The summed E-state index contributed by atoms with van der Waals surface area (Å²) in [6, 6.07) is 1.89. The van der Waals surface area contributed by atoms with E-state index in [9.17, 15) is 4.79 Å². The molecule has 0 spiro atoms. The lowest BCUT2D eigenvalue weighted by Crippen LogP contribution is -2.27. The van der Waals surface area contributed by atoms with E-state index in [1.54, 1.807) is 4.68 Å². The van der Waals surface area contributed by atoms with Crippen LogP contribution >= 0.6 is 15.9 Å². The molecule has 1 amide bonds. The highest BCUT2D eigenvalue weighted by Crippen LogP contribution is 2.06. The van der Waals surface area contributed by atoms with Crippen molar-refractivity contribution in [2.45, 2.75) is 46.1 Å². The summed E-state index contributed by atoms with van der Waals surface area (Å²) in [5.74, 6) is -0.0112. The fourth-order valence-electron chi connectivity index (χ4n) is 1.76. The van der Waals surface area contributed by atoms with Crippen LogP contribution in [0.2, 0.25) is 0 Å². The predicted molar refractivity (Wildman–Crippen MR) is 77.3 cm³/mol. The maximum atomic E-state index is 12.0. The van der Waals surface area contributed by atoms with E-state index < -0.39 is 0 Å².